The summed E-state index contributed by atoms with van der Waals surface area (Å²) in [5.74, 6) is -0.117. The van der Waals surface area contributed by atoms with Gasteiger partial charge in [-0.1, -0.05) is 6.58 Å². The number of amides is 1. The molecule has 1 amide bonds. The van der Waals surface area contributed by atoms with Crippen molar-refractivity contribution in [2.24, 2.45) is 0 Å². The van der Waals surface area contributed by atoms with Gasteiger partial charge in [-0.15, -0.1) is 0 Å². The van der Waals surface area contributed by atoms with Crippen molar-refractivity contribution in [1.82, 2.24) is 5.32 Å². The van der Waals surface area contributed by atoms with Crippen molar-refractivity contribution in [2.75, 3.05) is 60.2 Å². The fraction of sp³-hybridized carbons (Fsp3) is 0.842. The molecule has 0 spiro atoms. The number of nitrogens with zero attached hydrogens (tertiary/aromatic N) is 1. The van der Waals surface area contributed by atoms with Crippen molar-refractivity contribution >= 4 is 5.91 Å². The van der Waals surface area contributed by atoms with Crippen LogP contribution in [0.2, 0.25) is 0 Å². The predicted molar refractivity (Wildman–Crippen MR) is 102 cm³/mol. The third-order valence-corrected chi connectivity index (χ3v) is 4.24. The van der Waals surface area contributed by atoms with Gasteiger partial charge in [-0.3, -0.25) is 4.79 Å². The van der Waals surface area contributed by atoms with E-state index in [-0.39, 0.29) is 18.8 Å². The first-order valence-electron chi connectivity index (χ1n) is 9.60. The van der Waals surface area contributed by atoms with Crippen LogP contribution >= 0.6 is 0 Å². The minimum Gasteiger partial charge on any atom is -0.385 e. The molecular formula is C19H37N2O6+. The van der Waals surface area contributed by atoms with Crippen LogP contribution in [0.4, 0.5) is 0 Å². The molecule has 1 rings (SSSR count). The number of hydrogen-bond acceptors (Lipinski definition) is 6. The molecule has 0 aromatic carbocycles. The van der Waals surface area contributed by atoms with Crippen LogP contribution in [-0.4, -0.2) is 94.3 Å². The van der Waals surface area contributed by atoms with E-state index in [2.05, 4.69) is 11.9 Å². The molecule has 1 saturated heterocycles. The Morgan fingerprint density at radius 3 is 2.63 bits per heavy atom. The van der Waals surface area contributed by atoms with E-state index in [0.29, 0.717) is 49.4 Å². The Labute approximate surface area is 163 Å². The highest BCUT2D eigenvalue weighted by atomic mass is 16.7. The average Bonchev–Trinajstić information content (AvgIpc) is 3.09. The van der Waals surface area contributed by atoms with E-state index < -0.39 is 12.4 Å². The number of carbonyl (C=O) groups is 1. The van der Waals surface area contributed by atoms with Gasteiger partial charge in [0.25, 0.3) is 0 Å². The minimum absolute atomic E-state index is 0.117. The van der Waals surface area contributed by atoms with Gasteiger partial charge in [0.15, 0.2) is 12.6 Å². The minimum atomic E-state index is -0.586. The first-order chi connectivity index (χ1) is 12.7. The molecule has 2 atom stereocenters. The Balaban J connectivity index is 2.10. The van der Waals surface area contributed by atoms with E-state index in [1.807, 2.05) is 21.0 Å². The summed E-state index contributed by atoms with van der Waals surface area (Å²) in [7, 11) is 4.09. The van der Waals surface area contributed by atoms with E-state index in [1.165, 1.54) is 0 Å². The van der Waals surface area contributed by atoms with Gasteiger partial charge in [0.1, 0.15) is 12.6 Å². The maximum absolute atomic E-state index is 11.4. The van der Waals surface area contributed by atoms with Crippen LogP contribution in [0.3, 0.4) is 0 Å². The van der Waals surface area contributed by atoms with E-state index >= 15 is 0 Å². The Kier molecular flexibility index (Phi) is 11.1. The number of quaternary nitrogens is 1. The third kappa shape index (κ3) is 11.4. The zero-order valence-corrected chi connectivity index (χ0v) is 17.2. The first-order valence-corrected chi connectivity index (χ1v) is 9.60. The van der Waals surface area contributed by atoms with E-state index in [9.17, 15) is 9.90 Å². The highest BCUT2D eigenvalue weighted by Gasteiger charge is 2.21. The lowest BCUT2D eigenvalue weighted by Gasteiger charge is -2.32. The standard InChI is InChI=1S/C19H36N2O6/c1-15(2)19(23)20-8-6-9-21(4,5)13-17(22)14-27-16(3)24-10-7-18-25-11-12-26-18/h16-18,22H,1,6-14H2,2-5H3/p+1. The summed E-state index contributed by atoms with van der Waals surface area (Å²) in [6.07, 6.45) is 0.333. The number of rotatable bonds is 14. The van der Waals surface area contributed by atoms with Crippen molar-refractivity contribution in [1.29, 1.82) is 0 Å². The number of aliphatic hydroxyl groups is 1. The summed E-state index contributed by atoms with van der Waals surface area (Å²) >= 11 is 0. The highest BCUT2D eigenvalue weighted by molar-refractivity contribution is 5.91. The molecule has 8 heteroatoms. The maximum Gasteiger partial charge on any atom is 0.246 e. The topological polar surface area (TPSA) is 86.3 Å². The molecule has 1 fully saturated rings. The Morgan fingerprint density at radius 2 is 2.00 bits per heavy atom. The van der Waals surface area contributed by atoms with Crippen molar-refractivity contribution < 1.29 is 33.3 Å². The summed E-state index contributed by atoms with van der Waals surface area (Å²) in [6, 6.07) is 0. The fourth-order valence-electron chi connectivity index (χ4n) is 2.77. The summed E-state index contributed by atoms with van der Waals surface area (Å²) in [5, 5.41) is 13.0. The number of nitrogens with one attached hydrogen (secondary N) is 1. The molecule has 2 N–H and O–H groups in total. The van der Waals surface area contributed by atoms with Gasteiger partial charge in [-0.05, 0) is 13.8 Å². The molecule has 2 unspecified atom stereocenters. The average molecular weight is 390 g/mol. The zero-order chi connectivity index (χ0) is 20.3. The Morgan fingerprint density at radius 1 is 1.33 bits per heavy atom. The van der Waals surface area contributed by atoms with Crippen LogP contribution < -0.4 is 5.32 Å². The van der Waals surface area contributed by atoms with Gasteiger partial charge in [0.05, 0.1) is 47.1 Å². The molecule has 1 aliphatic rings. The lowest BCUT2D eigenvalue weighted by atomic mass is 10.2. The zero-order valence-electron chi connectivity index (χ0n) is 17.2. The number of ether oxygens (including phenoxy) is 4. The fourth-order valence-corrected chi connectivity index (χ4v) is 2.77. The summed E-state index contributed by atoms with van der Waals surface area (Å²) in [6.45, 7) is 11.1. The second-order valence-corrected chi connectivity index (χ2v) is 7.62. The highest BCUT2D eigenvalue weighted by Crippen LogP contribution is 2.09. The van der Waals surface area contributed by atoms with Crippen molar-refractivity contribution in [3.63, 3.8) is 0 Å². The molecule has 0 bridgehead atoms. The largest absolute Gasteiger partial charge is 0.385 e. The smallest absolute Gasteiger partial charge is 0.246 e. The molecular weight excluding hydrogens is 352 g/mol. The molecule has 0 radical (unpaired) electrons. The van der Waals surface area contributed by atoms with Gasteiger partial charge >= 0.3 is 0 Å². The van der Waals surface area contributed by atoms with Crippen LogP contribution in [-0.2, 0) is 23.7 Å². The number of likely N-dealkylation sites (N-methyl/N-ethyl adjacent to an activating group) is 1. The number of carbonyl (C=O) groups excluding carboxylic acids is 1. The van der Waals surface area contributed by atoms with Crippen LogP contribution in [0, 0.1) is 0 Å². The maximum atomic E-state index is 11.4. The lowest BCUT2D eigenvalue weighted by Crippen LogP contribution is -2.48. The van der Waals surface area contributed by atoms with Crippen molar-refractivity contribution in [3.05, 3.63) is 12.2 Å². The van der Waals surface area contributed by atoms with E-state index in [4.69, 9.17) is 18.9 Å². The van der Waals surface area contributed by atoms with Crippen LogP contribution in [0.25, 0.3) is 0 Å². The molecule has 27 heavy (non-hydrogen) atoms. The molecule has 1 heterocycles. The lowest BCUT2D eigenvalue weighted by molar-refractivity contribution is -0.893. The quantitative estimate of drug-likeness (QED) is 0.196. The van der Waals surface area contributed by atoms with Gasteiger partial charge in [0.2, 0.25) is 5.91 Å². The van der Waals surface area contributed by atoms with Gasteiger partial charge in [-0.25, -0.2) is 0 Å². The van der Waals surface area contributed by atoms with Crippen molar-refractivity contribution in [2.45, 2.75) is 45.4 Å². The normalized spacial score (nSPS) is 17.7. The number of aliphatic hydroxyl groups excluding tert-OH is 1. The van der Waals surface area contributed by atoms with Crippen molar-refractivity contribution in [3.8, 4) is 0 Å². The van der Waals surface area contributed by atoms with Gasteiger partial charge < -0.3 is 33.9 Å². The Bertz CT molecular complexity index is 451. The third-order valence-electron chi connectivity index (χ3n) is 4.24. The molecule has 1 aliphatic heterocycles. The predicted octanol–water partition coefficient (Wildman–Crippen LogP) is 0.648. The van der Waals surface area contributed by atoms with E-state index in [1.54, 1.807) is 6.92 Å². The molecule has 0 aliphatic carbocycles. The summed E-state index contributed by atoms with van der Waals surface area (Å²) < 4.78 is 22.4. The number of hydrogen-bond donors (Lipinski definition) is 2. The molecule has 0 aromatic heterocycles. The second-order valence-electron chi connectivity index (χ2n) is 7.62. The van der Waals surface area contributed by atoms with Gasteiger partial charge in [-0.2, -0.15) is 0 Å². The monoisotopic (exact) mass is 389 g/mol. The SMILES string of the molecule is C=C(C)C(=O)NCCC[N+](C)(C)CC(O)COC(C)OCCC1OCCO1. The molecule has 0 aromatic rings. The summed E-state index contributed by atoms with van der Waals surface area (Å²) in [5.41, 5.74) is 0.510. The first kappa shape index (κ1) is 24.0. The van der Waals surface area contributed by atoms with Crippen LogP contribution in [0.1, 0.15) is 26.7 Å². The summed E-state index contributed by atoms with van der Waals surface area (Å²) in [4.78, 5) is 11.4. The molecule has 0 saturated carbocycles. The molecule has 8 nitrogen and oxygen atoms in total. The van der Waals surface area contributed by atoms with Crippen LogP contribution in [0.15, 0.2) is 12.2 Å². The Hall–Kier alpha value is -1.03. The van der Waals surface area contributed by atoms with E-state index in [0.717, 1.165) is 13.0 Å². The van der Waals surface area contributed by atoms with Gasteiger partial charge in [0, 0.05) is 25.0 Å². The van der Waals surface area contributed by atoms with Crippen LogP contribution in [0.5, 0.6) is 0 Å². The molecule has 158 valence electrons. The second kappa shape index (κ2) is 12.4.